The number of anilines is 1. The van der Waals surface area contributed by atoms with Gasteiger partial charge in [0.15, 0.2) is 0 Å². The minimum atomic E-state index is -0.122. The van der Waals surface area contributed by atoms with Gasteiger partial charge in [0.25, 0.3) is 0 Å². The maximum Gasteiger partial charge on any atom is 0.221 e. The predicted molar refractivity (Wildman–Crippen MR) is 91.1 cm³/mol. The largest absolute Gasteiger partial charge is 0.497 e. The normalized spacial score (nSPS) is 12.0. The molecule has 1 atom stereocenters. The van der Waals surface area contributed by atoms with Crippen molar-refractivity contribution in [2.75, 3.05) is 30.1 Å². The van der Waals surface area contributed by atoms with Crippen molar-refractivity contribution in [1.82, 2.24) is 0 Å². The number of carbonyl (C=O) groups excluding carboxylic acids is 1. The van der Waals surface area contributed by atoms with Crippen LogP contribution in [0.2, 0.25) is 0 Å². The second-order valence-electron chi connectivity index (χ2n) is 4.04. The van der Waals surface area contributed by atoms with E-state index in [4.69, 9.17) is 4.74 Å². The molecule has 0 aliphatic carbocycles. The molecular formula is C15H23NO2S2. The van der Waals surface area contributed by atoms with E-state index in [1.165, 1.54) is 11.8 Å². The summed E-state index contributed by atoms with van der Waals surface area (Å²) in [7, 11) is 1.66. The summed E-state index contributed by atoms with van der Waals surface area (Å²) in [4.78, 5) is 14.5. The lowest BCUT2D eigenvalue weighted by molar-refractivity contribution is -0.110. The number of methoxy groups -OCH3 is 1. The lowest BCUT2D eigenvalue weighted by Gasteiger charge is -2.30. The fraction of sp³-hybridized carbons (Fsp3) is 0.533. The van der Waals surface area contributed by atoms with Gasteiger partial charge in [0.05, 0.1) is 7.11 Å². The highest BCUT2D eigenvalue weighted by molar-refractivity contribution is 8.16. The lowest BCUT2D eigenvalue weighted by atomic mass is 10.2. The highest BCUT2D eigenvalue weighted by Crippen LogP contribution is 2.28. The van der Waals surface area contributed by atoms with Gasteiger partial charge in [-0.1, -0.05) is 25.6 Å². The third kappa shape index (κ3) is 4.63. The molecule has 0 amide bonds. The van der Waals surface area contributed by atoms with Crippen molar-refractivity contribution in [3.8, 4) is 5.75 Å². The van der Waals surface area contributed by atoms with Crippen LogP contribution in [0.25, 0.3) is 0 Å². The van der Waals surface area contributed by atoms with Crippen LogP contribution < -0.4 is 9.64 Å². The summed E-state index contributed by atoms with van der Waals surface area (Å²) >= 11 is 3.09. The molecule has 0 aliphatic rings. The molecule has 1 unspecified atom stereocenters. The number of benzene rings is 1. The Bertz CT molecular complexity index is 409. The predicted octanol–water partition coefficient (Wildman–Crippen LogP) is 3.88. The number of hydrogen-bond acceptors (Lipinski definition) is 5. The Balaban J connectivity index is 2.95. The number of hydrogen-bond donors (Lipinski definition) is 0. The van der Waals surface area contributed by atoms with Crippen LogP contribution in [0.5, 0.6) is 5.75 Å². The van der Waals surface area contributed by atoms with Gasteiger partial charge < -0.3 is 9.64 Å². The first-order valence-corrected chi connectivity index (χ1v) is 8.90. The Hall–Kier alpha value is -0.810. The van der Waals surface area contributed by atoms with Crippen molar-refractivity contribution in [2.24, 2.45) is 0 Å². The fourth-order valence-electron chi connectivity index (χ4n) is 1.91. The molecule has 1 aromatic rings. The summed E-state index contributed by atoms with van der Waals surface area (Å²) in [5.74, 6) is 2.58. The topological polar surface area (TPSA) is 29.5 Å². The third-order valence-electron chi connectivity index (χ3n) is 2.84. The van der Waals surface area contributed by atoms with E-state index in [1.807, 2.05) is 31.2 Å². The molecule has 0 fully saturated rings. The van der Waals surface area contributed by atoms with Gasteiger partial charge in [-0.2, -0.15) is 0 Å². The van der Waals surface area contributed by atoms with Gasteiger partial charge in [0.1, 0.15) is 11.1 Å². The van der Waals surface area contributed by atoms with Crippen LogP contribution >= 0.6 is 23.5 Å². The molecular weight excluding hydrogens is 290 g/mol. The van der Waals surface area contributed by atoms with E-state index in [1.54, 1.807) is 18.9 Å². The number of nitrogens with zero attached hydrogens (tertiary/aromatic N) is 1. The van der Waals surface area contributed by atoms with Gasteiger partial charge >= 0.3 is 0 Å². The van der Waals surface area contributed by atoms with Crippen LogP contribution in [0, 0.1) is 0 Å². The average molecular weight is 313 g/mol. The van der Waals surface area contributed by atoms with Gasteiger partial charge in [0.2, 0.25) is 5.12 Å². The molecule has 0 radical (unpaired) electrons. The quantitative estimate of drug-likeness (QED) is 0.680. The number of likely N-dealkylation sites (N-methyl/N-ethyl adjacent to an activating group) is 1. The van der Waals surface area contributed by atoms with Crippen molar-refractivity contribution in [3.63, 3.8) is 0 Å². The van der Waals surface area contributed by atoms with E-state index in [9.17, 15) is 4.79 Å². The molecule has 1 rings (SSSR count). The second-order valence-corrected chi connectivity index (χ2v) is 6.67. The Morgan fingerprint density at radius 2 is 1.85 bits per heavy atom. The van der Waals surface area contributed by atoms with Crippen molar-refractivity contribution in [2.45, 2.75) is 26.1 Å². The first-order chi connectivity index (χ1) is 9.67. The molecule has 20 heavy (non-hydrogen) atoms. The highest BCUT2D eigenvalue weighted by atomic mass is 32.2. The van der Waals surface area contributed by atoms with Gasteiger partial charge in [-0.3, -0.25) is 4.79 Å². The van der Waals surface area contributed by atoms with E-state index in [0.717, 1.165) is 29.5 Å². The SMILES string of the molecule is CCSC(=O)C(SCC)N(CC)c1ccc(OC)cc1. The monoisotopic (exact) mass is 313 g/mol. The zero-order valence-electron chi connectivity index (χ0n) is 12.6. The zero-order valence-corrected chi connectivity index (χ0v) is 14.2. The molecule has 0 saturated heterocycles. The summed E-state index contributed by atoms with van der Waals surface area (Å²) in [6.07, 6.45) is 0. The summed E-state index contributed by atoms with van der Waals surface area (Å²) < 4.78 is 5.18. The Labute approximate surface area is 130 Å². The van der Waals surface area contributed by atoms with Crippen LogP contribution in [0.4, 0.5) is 5.69 Å². The van der Waals surface area contributed by atoms with Gasteiger partial charge in [-0.25, -0.2) is 0 Å². The molecule has 0 aromatic heterocycles. The number of thioether (sulfide) groups is 2. The zero-order chi connectivity index (χ0) is 15.0. The molecule has 0 bridgehead atoms. The smallest absolute Gasteiger partial charge is 0.221 e. The fourth-order valence-corrected chi connectivity index (χ4v) is 3.78. The van der Waals surface area contributed by atoms with E-state index in [2.05, 4.69) is 18.7 Å². The van der Waals surface area contributed by atoms with Gasteiger partial charge in [0, 0.05) is 12.2 Å². The standard InChI is InChI=1S/C15H23NO2S2/c1-5-16(12-8-10-13(18-4)11-9-12)14(19-6-2)15(17)20-7-3/h8-11,14H,5-7H2,1-4H3. The Kier molecular flexibility index (Phi) is 7.92. The van der Waals surface area contributed by atoms with Crippen molar-refractivity contribution in [1.29, 1.82) is 0 Å². The minimum Gasteiger partial charge on any atom is -0.497 e. The number of carbonyl (C=O) groups is 1. The first kappa shape index (κ1) is 17.2. The van der Waals surface area contributed by atoms with Crippen LogP contribution in [0.3, 0.4) is 0 Å². The molecule has 1 aromatic carbocycles. The minimum absolute atomic E-state index is 0.122. The molecule has 0 spiro atoms. The third-order valence-corrected chi connectivity index (χ3v) is 4.90. The van der Waals surface area contributed by atoms with Crippen LogP contribution in [0.15, 0.2) is 24.3 Å². The van der Waals surface area contributed by atoms with E-state index >= 15 is 0 Å². The summed E-state index contributed by atoms with van der Waals surface area (Å²) in [5, 5.41) is 0.111. The first-order valence-electron chi connectivity index (χ1n) is 6.86. The van der Waals surface area contributed by atoms with E-state index in [0.29, 0.717) is 0 Å². The summed E-state index contributed by atoms with van der Waals surface area (Å²) in [6, 6.07) is 7.89. The molecule has 3 nitrogen and oxygen atoms in total. The van der Waals surface area contributed by atoms with Gasteiger partial charge in [-0.05, 0) is 42.7 Å². The molecule has 5 heteroatoms. The van der Waals surface area contributed by atoms with E-state index in [-0.39, 0.29) is 10.5 Å². The van der Waals surface area contributed by atoms with Crippen LogP contribution in [-0.2, 0) is 4.79 Å². The van der Waals surface area contributed by atoms with Crippen LogP contribution in [-0.4, -0.2) is 35.6 Å². The number of ether oxygens (including phenoxy) is 1. The summed E-state index contributed by atoms with van der Waals surface area (Å²) in [6.45, 7) is 6.99. The maximum absolute atomic E-state index is 12.3. The van der Waals surface area contributed by atoms with Gasteiger partial charge in [-0.15, -0.1) is 11.8 Å². The molecule has 0 heterocycles. The second kappa shape index (κ2) is 9.19. The summed E-state index contributed by atoms with van der Waals surface area (Å²) in [5.41, 5.74) is 1.06. The molecule has 112 valence electrons. The maximum atomic E-state index is 12.3. The highest BCUT2D eigenvalue weighted by Gasteiger charge is 2.25. The Morgan fingerprint density at radius 1 is 1.20 bits per heavy atom. The van der Waals surface area contributed by atoms with E-state index < -0.39 is 0 Å². The number of rotatable bonds is 8. The van der Waals surface area contributed by atoms with Crippen LogP contribution in [0.1, 0.15) is 20.8 Å². The average Bonchev–Trinajstić information content (AvgIpc) is 2.48. The van der Waals surface area contributed by atoms with Crippen molar-refractivity contribution in [3.05, 3.63) is 24.3 Å². The lowest BCUT2D eigenvalue weighted by Crippen LogP contribution is -2.38. The molecule has 0 aliphatic heterocycles. The molecule has 0 N–H and O–H groups in total. The molecule has 0 saturated carbocycles. The van der Waals surface area contributed by atoms with Crippen molar-refractivity contribution < 1.29 is 9.53 Å². The Morgan fingerprint density at radius 3 is 2.30 bits per heavy atom. The van der Waals surface area contributed by atoms with Crippen molar-refractivity contribution >= 4 is 34.3 Å².